The van der Waals surface area contributed by atoms with Crippen molar-refractivity contribution < 1.29 is 27.8 Å². The Morgan fingerprint density at radius 2 is 1.68 bits per heavy atom. The molecule has 0 radical (unpaired) electrons. The van der Waals surface area contributed by atoms with Gasteiger partial charge in [0, 0.05) is 18.4 Å². The zero-order chi connectivity index (χ0) is 26.9. The molecule has 202 valence electrons. The molecule has 0 fully saturated rings. The lowest BCUT2D eigenvalue weighted by atomic mass is 9.83. The molecule has 3 aromatic carbocycles. The summed E-state index contributed by atoms with van der Waals surface area (Å²) in [5.41, 5.74) is 4.61. The number of benzene rings is 3. The lowest BCUT2D eigenvalue weighted by Crippen LogP contribution is -2.48. The van der Waals surface area contributed by atoms with Crippen LogP contribution in [0.4, 0.5) is 4.39 Å². The van der Waals surface area contributed by atoms with Crippen molar-refractivity contribution in [2.24, 2.45) is 0 Å². The molecule has 6 heteroatoms. The number of fused-ring (bicyclic) bond motifs is 2. The van der Waals surface area contributed by atoms with Gasteiger partial charge in [-0.2, -0.15) is 0 Å². The highest BCUT2D eigenvalue weighted by Gasteiger charge is 2.40. The number of halogens is 1. The Bertz CT molecular complexity index is 1290. The highest BCUT2D eigenvalue weighted by Crippen LogP contribution is 2.44. The van der Waals surface area contributed by atoms with Crippen LogP contribution in [0, 0.1) is 5.82 Å². The number of nitrogens with zero attached hydrogens (tertiary/aromatic N) is 1. The maximum Gasteiger partial charge on any atom is 0.161 e. The van der Waals surface area contributed by atoms with Crippen molar-refractivity contribution in [2.45, 2.75) is 57.3 Å². The van der Waals surface area contributed by atoms with Gasteiger partial charge in [0.05, 0.1) is 34.9 Å². The summed E-state index contributed by atoms with van der Waals surface area (Å²) in [6.07, 6.45) is 4.94. The van der Waals surface area contributed by atoms with E-state index in [4.69, 9.17) is 18.9 Å². The highest BCUT2D eigenvalue weighted by atomic mass is 19.1. The van der Waals surface area contributed by atoms with Crippen molar-refractivity contribution in [1.29, 1.82) is 0 Å². The maximum atomic E-state index is 13.2. The van der Waals surface area contributed by atoms with Crippen molar-refractivity contribution >= 4 is 0 Å². The largest absolute Gasteiger partial charge is 0.493 e. The Labute approximate surface area is 225 Å². The van der Waals surface area contributed by atoms with Crippen molar-refractivity contribution in [3.05, 3.63) is 82.7 Å². The second-order valence-electron chi connectivity index (χ2n) is 11.4. The van der Waals surface area contributed by atoms with Crippen molar-refractivity contribution in [3.63, 3.8) is 0 Å². The summed E-state index contributed by atoms with van der Waals surface area (Å²) < 4.78 is 37.9. The van der Waals surface area contributed by atoms with E-state index < -0.39 is 0 Å². The van der Waals surface area contributed by atoms with Crippen LogP contribution >= 0.6 is 0 Å². The number of ether oxygens (including phenoxy) is 4. The first-order valence-corrected chi connectivity index (χ1v) is 13.5. The van der Waals surface area contributed by atoms with Gasteiger partial charge in [0.1, 0.15) is 35.6 Å². The smallest absolute Gasteiger partial charge is 0.161 e. The quantitative estimate of drug-likeness (QED) is 0.311. The summed E-state index contributed by atoms with van der Waals surface area (Å²) in [5.74, 6) is 3.11. The third-order valence-corrected chi connectivity index (χ3v) is 8.38. The fourth-order valence-corrected chi connectivity index (χ4v) is 5.93. The van der Waals surface area contributed by atoms with Gasteiger partial charge in [-0.25, -0.2) is 4.39 Å². The average molecular weight is 521 g/mol. The molecule has 0 bridgehead atoms. The van der Waals surface area contributed by atoms with Crippen LogP contribution < -0.4 is 18.9 Å². The van der Waals surface area contributed by atoms with Gasteiger partial charge in [-0.1, -0.05) is 12.1 Å². The number of likely N-dealkylation sites (N-methyl/N-ethyl adjacent to an activating group) is 1. The van der Waals surface area contributed by atoms with Gasteiger partial charge in [-0.15, -0.1) is 0 Å². The molecule has 2 unspecified atom stereocenters. The summed E-state index contributed by atoms with van der Waals surface area (Å²) >= 11 is 0. The normalized spacial score (nSPS) is 21.6. The SMILES string of the molecule is COc1cc2c(cc1OC)C(CCC1(C)CCc3cc(OCc4ccc(F)cc4)ccc3O1)[N+](C)(C)CC2. The molecular weight excluding hydrogens is 481 g/mol. The van der Waals surface area contributed by atoms with Gasteiger partial charge < -0.3 is 23.4 Å². The topological polar surface area (TPSA) is 36.9 Å². The van der Waals surface area contributed by atoms with E-state index in [1.165, 1.54) is 28.8 Å². The lowest BCUT2D eigenvalue weighted by Gasteiger charge is -2.44. The number of methoxy groups -OCH3 is 2. The average Bonchev–Trinajstić information content (AvgIpc) is 2.91. The molecule has 0 saturated carbocycles. The molecule has 2 atom stereocenters. The van der Waals surface area contributed by atoms with Crippen LogP contribution in [0.15, 0.2) is 54.6 Å². The van der Waals surface area contributed by atoms with Crippen molar-refractivity contribution in [3.8, 4) is 23.0 Å². The van der Waals surface area contributed by atoms with Crippen LogP contribution in [0.25, 0.3) is 0 Å². The van der Waals surface area contributed by atoms with Crippen LogP contribution in [0.5, 0.6) is 23.0 Å². The van der Waals surface area contributed by atoms with Crippen molar-refractivity contribution in [1.82, 2.24) is 0 Å². The van der Waals surface area contributed by atoms with E-state index in [0.717, 1.165) is 71.7 Å². The molecule has 0 aliphatic carbocycles. The van der Waals surface area contributed by atoms with Crippen molar-refractivity contribution in [2.75, 3.05) is 34.9 Å². The van der Waals surface area contributed by atoms with E-state index in [0.29, 0.717) is 12.6 Å². The number of hydrogen-bond acceptors (Lipinski definition) is 4. The zero-order valence-electron chi connectivity index (χ0n) is 23.2. The molecule has 0 N–H and O–H groups in total. The predicted octanol–water partition coefficient (Wildman–Crippen LogP) is 6.66. The first-order chi connectivity index (χ1) is 18.2. The molecule has 0 spiro atoms. The Balaban J connectivity index is 1.27. The maximum absolute atomic E-state index is 13.2. The molecule has 0 aromatic heterocycles. The van der Waals surface area contributed by atoms with Crippen LogP contribution in [0.1, 0.15) is 54.5 Å². The molecule has 5 rings (SSSR count). The van der Waals surface area contributed by atoms with E-state index >= 15 is 0 Å². The zero-order valence-corrected chi connectivity index (χ0v) is 23.2. The van der Waals surface area contributed by atoms with Crippen LogP contribution in [-0.2, 0) is 19.4 Å². The minimum absolute atomic E-state index is 0.225. The fourth-order valence-electron chi connectivity index (χ4n) is 5.93. The molecule has 3 aromatic rings. The number of quaternary nitrogens is 1. The minimum atomic E-state index is -0.238. The summed E-state index contributed by atoms with van der Waals surface area (Å²) in [6.45, 7) is 3.74. The van der Waals surface area contributed by atoms with E-state index in [2.05, 4.69) is 39.2 Å². The predicted molar refractivity (Wildman–Crippen MR) is 147 cm³/mol. The van der Waals surface area contributed by atoms with Crippen LogP contribution in [0.3, 0.4) is 0 Å². The van der Waals surface area contributed by atoms with Gasteiger partial charge in [-0.3, -0.25) is 0 Å². The molecule has 38 heavy (non-hydrogen) atoms. The Hall–Kier alpha value is -3.25. The Kier molecular flexibility index (Phi) is 7.28. The Morgan fingerprint density at radius 3 is 2.42 bits per heavy atom. The lowest BCUT2D eigenvalue weighted by molar-refractivity contribution is -0.923. The standard InChI is InChI=1S/C32H39FNO4/c1-32(16-13-28-27-20-31(36-5)30(35-4)19-23(27)14-17-34(28,2)3)15-12-24-18-26(10-11-29(24)38-32)37-21-22-6-8-25(33)9-7-22/h6-11,18-20,28H,12-17,21H2,1-5H3/q+1. The van der Waals surface area contributed by atoms with Gasteiger partial charge in [-0.05, 0) is 85.3 Å². The first-order valence-electron chi connectivity index (χ1n) is 13.5. The van der Waals surface area contributed by atoms with E-state index in [-0.39, 0.29) is 11.4 Å². The van der Waals surface area contributed by atoms with Gasteiger partial charge >= 0.3 is 0 Å². The molecule has 5 nitrogen and oxygen atoms in total. The minimum Gasteiger partial charge on any atom is -0.493 e. The molecule has 2 heterocycles. The summed E-state index contributed by atoms with van der Waals surface area (Å²) in [6, 6.07) is 17.2. The van der Waals surface area contributed by atoms with Gasteiger partial charge in [0.15, 0.2) is 11.5 Å². The fraction of sp³-hybridized carbons (Fsp3) is 0.438. The monoisotopic (exact) mass is 520 g/mol. The number of aryl methyl sites for hydroxylation is 1. The molecular formula is C32H39FNO4+. The second-order valence-corrected chi connectivity index (χ2v) is 11.4. The third kappa shape index (κ3) is 5.46. The van der Waals surface area contributed by atoms with E-state index in [9.17, 15) is 4.39 Å². The third-order valence-electron chi connectivity index (χ3n) is 8.38. The van der Waals surface area contributed by atoms with Gasteiger partial charge in [0.2, 0.25) is 0 Å². The van der Waals surface area contributed by atoms with E-state index in [1.54, 1.807) is 26.4 Å². The second kappa shape index (κ2) is 10.5. The van der Waals surface area contributed by atoms with E-state index in [1.807, 2.05) is 12.1 Å². The summed E-state index contributed by atoms with van der Waals surface area (Å²) in [4.78, 5) is 0. The van der Waals surface area contributed by atoms with Crippen LogP contribution in [-0.4, -0.2) is 44.9 Å². The number of rotatable bonds is 8. The summed E-state index contributed by atoms with van der Waals surface area (Å²) in [7, 11) is 8.06. The molecule has 0 amide bonds. The molecule has 2 aliphatic heterocycles. The number of hydrogen-bond donors (Lipinski definition) is 0. The highest BCUT2D eigenvalue weighted by molar-refractivity contribution is 5.49. The molecule has 2 aliphatic rings. The van der Waals surface area contributed by atoms with Gasteiger partial charge in [0.25, 0.3) is 0 Å². The Morgan fingerprint density at radius 1 is 0.947 bits per heavy atom. The van der Waals surface area contributed by atoms with Crippen LogP contribution in [0.2, 0.25) is 0 Å². The first kappa shape index (κ1) is 26.4. The summed E-state index contributed by atoms with van der Waals surface area (Å²) in [5, 5.41) is 0. The molecule has 0 saturated heterocycles.